The van der Waals surface area contributed by atoms with Crippen LogP contribution in [-0.4, -0.2) is 16.0 Å². The molecule has 2 heterocycles. The van der Waals surface area contributed by atoms with Gasteiger partial charge in [-0.1, -0.05) is 39.8 Å². The molecule has 5 heteroatoms. The lowest BCUT2D eigenvalue weighted by molar-refractivity contribution is 0.102. The van der Waals surface area contributed by atoms with Crippen molar-refractivity contribution in [1.82, 2.24) is 10.1 Å². The normalized spacial score (nSPS) is 11.8. The molecule has 5 nitrogen and oxygen atoms in total. The molecule has 2 aromatic heterocycles. The summed E-state index contributed by atoms with van der Waals surface area (Å²) in [6.07, 6.45) is 0.763. The maximum absolute atomic E-state index is 12.5. The first-order valence-electron chi connectivity index (χ1n) is 7.90. The van der Waals surface area contributed by atoms with Crippen molar-refractivity contribution in [3.8, 4) is 0 Å². The molecule has 2 rings (SSSR count). The number of aryl methyl sites for hydroxylation is 1. The molecule has 0 unspecified atom stereocenters. The minimum absolute atomic E-state index is 0.104. The third-order valence-corrected chi connectivity index (χ3v) is 3.36. The highest BCUT2D eigenvalue weighted by Gasteiger charge is 2.19. The van der Waals surface area contributed by atoms with Crippen molar-refractivity contribution in [3.63, 3.8) is 0 Å². The smallest absolute Gasteiger partial charge is 0.258 e. The lowest BCUT2D eigenvalue weighted by Gasteiger charge is -2.14. The number of carbonyl (C=O) groups excluding carboxylic acids is 1. The van der Waals surface area contributed by atoms with E-state index in [1.165, 1.54) is 0 Å². The Balaban J connectivity index is 2.17. The average Bonchev–Trinajstić information content (AvgIpc) is 2.83. The van der Waals surface area contributed by atoms with Crippen LogP contribution in [-0.2, 0) is 6.42 Å². The van der Waals surface area contributed by atoms with Crippen LogP contribution < -0.4 is 5.32 Å². The van der Waals surface area contributed by atoms with Crippen LogP contribution in [0.25, 0.3) is 0 Å². The summed E-state index contributed by atoms with van der Waals surface area (Å²) in [7, 11) is 0. The average molecular weight is 315 g/mol. The molecule has 0 atom stereocenters. The first-order valence-corrected chi connectivity index (χ1v) is 7.90. The third-order valence-electron chi connectivity index (χ3n) is 3.36. The Labute approximate surface area is 137 Å². The Kier molecular flexibility index (Phi) is 4.88. The second-order valence-corrected chi connectivity index (χ2v) is 7.41. The summed E-state index contributed by atoms with van der Waals surface area (Å²) in [5, 5.41) is 6.73. The van der Waals surface area contributed by atoms with E-state index in [1.807, 2.05) is 32.9 Å². The van der Waals surface area contributed by atoms with Crippen molar-refractivity contribution in [2.45, 2.75) is 53.9 Å². The zero-order chi connectivity index (χ0) is 17.2. The lowest BCUT2D eigenvalue weighted by atomic mass is 9.91. The maximum Gasteiger partial charge on any atom is 0.258 e. The number of rotatable bonds is 4. The molecular formula is C18H25N3O2. The molecule has 0 saturated carbocycles. The van der Waals surface area contributed by atoms with Gasteiger partial charge in [0.1, 0.15) is 5.76 Å². The topological polar surface area (TPSA) is 68.0 Å². The van der Waals surface area contributed by atoms with E-state index in [0.29, 0.717) is 11.4 Å². The quantitative estimate of drug-likeness (QED) is 0.911. The van der Waals surface area contributed by atoms with Gasteiger partial charge in [-0.2, -0.15) is 0 Å². The highest BCUT2D eigenvalue weighted by atomic mass is 16.5. The molecule has 0 aliphatic rings. The summed E-state index contributed by atoms with van der Waals surface area (Å²) in [4.78, 5) is 17.0. The van der Waals surface area contributed by atoms with Gasteiger partial charge in [-0.3, -0.25) is 9.78 Å². The predicted molar refractivity (Wildman–Crippen MR) is 90.7 cm³/mol. The van der Waals surface area contributed by atoms with Gasteiger partial charge in [0.25, 0.3) is 5.91 Å². The molecule has 2 aromatic rings. The molecular weight excluding hydrogens is 290 g/mol. The highest BCUT2D eigenvalue weighted by Crippen LogP contribution is 2.23. The predicted octanol–water partition coefficient (Wildman–Crippen LogP) is 4.34. The number of anilines is 1. The van der Waals surface area contributed by atoms with E-state index in [4.69, 9.17) is 4.52 Å². The van der Waals surface area contributed by atoms with Gasteiger partial charge in [-0.15, -0.1) is 0 Å². The van der Waals surface area contributed by atoms with Gasteiger partial charge in [0.05, 0.1) is 11.3 Å². The van der Waals surface area contributed by atoms with Gasteiger partial charge < -0.3 is 9.84 Å². The van der Waals surface area contributed by atoms with Gasteiger partial charge in [0, 0.05) is 18.2 Å². The number of aromatic nitrogens is 2. The van der Waals surface area contributed by atoms with Crippen molar-refractivity contribution in [2.24, 2.45) is 5.41 Å². The summed E-state index contributed by atoms with van der Waals surface area (Å²) >= 11 is 0. The second-order valence-electron chi connectivity index (χ2n) is 7.41. The van der Waals surface area contributed by atoms with Crippen LogP contribution in [0.4, 0.5) is 5.82 Å². The molecule has 0 aliphatic heterocycles. The lowest BCUT2D eigenvalue weighted by Crippen LogP contribution is -2.16. The molecule has 1 N–H and O–H groups in total. The Morgan fingerprint density at radius 1 is 1.30 bits per heavy atom. The minimum Gasteiger partial charge on any atom is -0.359 e. The van der Waals surface area contributed by atoms with Gasteiger partial charge in [0.2, 0.25) is 0 Å². The zero-order valence-corrected chi connectivity index (χ0v) is 14.7. The molecule has 124 valence electrons. The SMILES string of the molecule is Cc1ccc(C(=O)Nc2cc(CC(C)(C)C)on2)c(C(C)C)n1. The van der Waals surface area contributed by atoms with Gasteiger partial charge >= 0.3 is 0 Å². The molecule has 0 saturated heterocycles. The van der Waals surface area contributed by atoms with Crippen LogP contribution in [0.1, 0.15) is 68.0 Å². The van der Waals surface area contributed by atoms with Crippen LogP contribution in [0.15, 0.2) is 22.7 Å². The number of amides is 1. The Hall–Kier alpha value is -2.17. The monoisotopic (exact) mass is 315 g/mol. The fourth-order valence-electron chi connectivity index (χ4n) is 2.37. The number of carbonyl (C=O) groups is 1. The van der Waals surface area contributed by atoms with Crippen LogP contribution in [0.2, 0.25) is 0 Å². The number of hydrogen-bond donors (Lipinski definition) is 1. The molecule has 0 aromatic carbocycles. The molecule has 23 heavy (non-hydrogen) atoms. The summed E-state index contributed by atoms with van der Waals surface area (Å²) in [5.41, 5.74) is 2.37. The third kappa shape index (κ3) is 4.65. The van der Waals surface area contributed by atoms with E-state index < -0.39 is 0 Å². The molecule has 0 aliphatic carbocycles. The van der Waals surface area contributed by atoms with Crippen molar-refractivity contribution in [1.29, 1.82) is 0 Å². The summed E-state index contributed by atoms with van der Waals surface area (Å²) in [5.74, 6) is 1.16. The standard InChI is InChI=1S/C18H25N3O2/c1-11(2)16-14(8-7-12(3)19-16)17(22)20-15-9-13(23-21-15)10-18(4,5)6/h7-9,11H,10H2,1-6H3,(H,20,21,22). The molecule has 0 fully saturated rings. The molecule has 0 radical (unpaired) electrons. The van der Waals surface area contributed by atoms with E-state index in [1.54, 1.807) is 6.07 Å². The van der Waals surface area contributed by atoms with Crippen LogP contribution in [0.3, 0.4) is 0 Å². The van der Waals surface area contributed by atoms with Crippen LogP contribution in [0.5, 0.6) is 0 Å². The van der Waals surface area contributed by atoms with Crippen molar-refractivity contribution in [2.75, 3.05) is 5.32 Å². The molecule has 0 bridgehead atoms. The summed E-state index contributed by atoms with van der Waals surface area (Å²) < 4.78 is 5.29. The second kappa shape index (κ2) is 6.52. The van der Waals surface area contributed by atoms with E-state index in [0.717, 1.165) is 23.6 Å². The first kappa shape index (κ1) is 17.2. The van der Waals surface area contributed by atoms with Gasteiger partial charge in [-0.05, 0) is 30.4 Å². The van der Waals surface area contributed by atoms with Gasteiger partial charge in [-0.25, -0.2) is 0 Å². The van der Waals surface area contributed by atoms with E-state index in [-0.39, 0.29) is 17.2 Å². The van der Waals surface area contributed by atoms with Crippen molar-refractivity contribution < 1.29 is 9.32 Å². The van der Waals surface area contributed by atoms with Crippen molar-refractivity contribution >= 4 is 11.7 Å². The summed E-state index contributed by atoms with van der Waals surface area (Å²) in [6.45, 7) is 12.3. The molecule has 1 amide bonds. The Morgan fingerprint density at radius 3 is 2.61 bits per heavy atom. The fourth-order valence-corrected chi connectivity index (χ4v) is 2.37. The first-order chi connectivity index (χ1) is 10.7. The van der Waals surface area contributed by atoms with Crippen LogP contribution >= 0.6 is 0 Å². The number of nitrogens with zero attached hydrogens (tertiary/aromatic N) is 2. The van der Waals surface area contributed by atoms with E-state index in [2.05, 4.69) is 36.2 Å². The number of hydrogen-bond acceptors (Lipinski definition) is 4. The molecule has 0 spiro atoms. The van der Waals surface area contributed by atoms with Gasteiger partial charge in [0.15, 0.2) is 5.82 Å². The minimum atomic E-state index is -0.211. The number of nitrogens with one attached hydrogen (secondary N) is 1. The fraction of sp³-hybridized carbons (Fsp3) is 0.500. The van der Waals surface area contributed by atoms with E-state index in [9.17, 15) is 4.79 Å². The largest absolute Gasteiger partial charge is 0.359 e. The number of pyridine rings is 1. The van der Waals surface area contributed by atoms with E-state index >= 15 is 0 Å². The zero-order valence-electron chi connectivity index (χ0n) is 14.7. The van der Waals surface area contributed by atoms with Crippen molar-refractivity contribution in [3.05, 3.63) is 40.9 Å². The summed E-state index contributed by atoms with van der Waals surface area (Å²) in [6, 6.07) is 5.43. The maximum atomic E-state index is 12.5. The Morgan fingerprint density at radius 2 is 2.00 bits per heavy atom. The van der Waals surface area contributed by atoms with Crippen LogP contribution in [0, 0.1) is 12.3 Å². The highest BCUT2D eigenvalue weighted by molar-refractivity contribution is 6.04. The Bertz CT molecular complexity index is 697.